The fourth-order valence-electron chi connectivity index (χ4n) is 3.98. The molecule has 1 atom stereocenters. The van der Waals surface area contributed by atoms with Crippen LogP contribution in [-0.2, 0) is 4.74 Å². The minimum absolute atomic E-state index is 0.182. The van der Waals surface area contributed by atoms with Gasteiger partial charge in [-0.05, 0) is 18.2 Å². The molecule has 0 saturated heterocycles. The molecule has 10 heteroatoms. The lowest BCUT2D eigenvalue weighted by Gasteiger charge is -2.34. The molecule has 0 fully saturated rings. The second-order valence-corrected chi connectivity index (χ2v) is 8.57. The lowest BCUT2D eigenvalue weighted by Crippen LogP contribution is -2.29. The summed E-state index contributed by atoms with van der Waals surface area (Å²) < 4.78 is 33.7. The van der Waals surface area contributed by atoms with Gasteiger partial charge in [0.2, 0.25) is 6.23 Å². The summed E-state index contributed by atoms with van der Waals surface area (Å²) in [7, 11) is 5.12. The highest BCUT2D eigenvalue weighted by molar-refractivity contribution is 6.32. The summed E-state index contributed by atoms with van der Waals surface area (Å²) in [6.45, 7) is 0.871. The average Bonchev–Trinajstić information content (AvgIpc) is 2.81. The Kier molecular flexibility index (Phi) is 7.00. The van der Waals surface area contributed by atoms with E-state index >= 15 is 4.39 Å². The van der Waals surface area contributed by atoms with Crippen molar-refractivity contribution in [1.29, 1.82) is 0 Å². The van der Waals surface area contributed by atoms with Crippen molar-refractivity contribution in [3.05, 3.63) is 74.8 Å². The number of pyridine rings is 1. The predicted octanol–water partition coefficient (Wildman–Crippen LogP) is 4.43. The molecule has 8 nitrogen and oxygen atoms in total. The van der Waals surface area contributed by atoms with Gasteiger partial charge < -0.3 is 28.8 Å². The first kappa shape index (κ1) is 24.6. The molecule has 1 aromatic heterocycles. The molecule has 1 aliphatic rings. The highest BCUT2D eigenvalue weighted by Crippen LogP contribution is 2.46. The van der Waals surface area contributed by atoms with Crippen LogP contribution in [-0.4, -0.2) is 50.1 Å². The highest BCUT2D eigenvalue weighted by Gasteiger charge is 2.33. The van der Waals surface area contributed by atoms with Gasteiger partial charge in [0.05, 0.1) is 22.9 Å². The van der Waals surface area contributed by atoms with E-state index in [1.165, 1.54) is 22.9 Å². The Morgan fingerprint density at radius 2 is 2.03 bits per heavy atom. The molecule has 3 aromatic rings. The van der Waals surface area contributed by atoms with Gasteiger partial charge in [0, 0.05) is 63.8 Å². The number of fused-ring (bicyclic) bond motifs is 3. The SMILES string of the molecule is COCCCOc1cc2c(cc1Cl)-c1cc(=O)c(C(=O)O)cn1C(c1c(F)cccc1N(C)C)O2. The summed E-state index contributed by atoms with van der Waals surface area (Å²) in [6.07, 6.45) is 0.713. The number of ether oxygens (including phenoxy) is 3. The fourth-order valence-corrected chi connectivity index (χ4v) is 4.20. The van der Waals surface area contributed by atoms with E-state index in [9.17, 15) is 14.7 Å². The molecule has 2 aromatic carbocycles. The smallest absolute Gasteiger partial charge is 0.341 e. The summed E-state index contributed by atoms with van der Waals surface area (Å²) >= 11 is 6.45. The summed E-state index contributed by atoms with van der Waals surface area (Å²) in [5.74, 6) is -1.26. The van der Waals surface area contributed by atoms with Crippen LogP contribution < -0.4 is 19.8 Å². The first-order valence-corrected chi connectivity index (χ1v) is 11.2. The van der Waals surface area contributed by atoms with Crippen molar-refractivity contribution in [2.24, 2.45) is 0 Å². The van der Waals surface area contributed by atoms with E-state index in [0.29, 0.717) is 48.1 Å². The number of rotatable bonds is 8. The Bertz CT molecular complexity index is 1340. The second kappa shape index (κ2) is 9.97. The van der Waals surface area contributed by atoms with Crippen molar-refractivity contribution in [2.45, 2.75) is 12.6 Å². The highest BCUT2D eigenvalue weighted by atomic mass is 35.5. The van der Waals surface area contributed by atoms with Gasteiger partial charge in [-0.15, -0.1) is 0 Å². The van der Waals surface area contributed by atoms with Crippen LogP contribution in [0.15, 0.2) is 47.4 Å². The number of nitrogens with zero attached hydrogens (tertiary/aromatic N) is 2. The molecular weight excluding hydrogens is 479 g/mol. The van der Waals surface area contributed by atoms with Gasteiger partial charge in [0.25, 0.3) is 0 Å². The molecule has 2 heterocycles. The largest absolute Gasteiger partial charge is 0.492 e. The third-order valence-corrected chi connectivity index (χ3v) is 5.92. The quantitative estimate of drug-likeness (QED) is 0.456. The molecule has 0 radical (unpaired) electrons. The molecule has 4 rings (SSSR count). The second-order valence-electron chi connectivity index (χ2n) is 8.16. The maximum atomic E-state index is 15.2. The fraction of sp³-hybridized carbons (Fsp3) is 0.280. The number of halogens is 2. The van der Waals surface area contributed by atoms with Crippen molar-refractivity contribution in [1.82, 2.24) is 4.57 Å². The van der Waals surface area contributed by atoms with Gasteiger partial charge in [-0.1, -0.05) is 17.7 Å². The standard InChI is InChI=1S/C25H24ClFN2O6/c1-28(2)18-7-4-6-17(27)23(18)24-29-13-15(25(31)32)20(30)11-19(29)14-10-16(26)22(12-21(14)35-24)34-9-5-8-33-3/h4,6-7,10-13,24H,5,8-9H2,1-3H3,(H,31,32). The molecule has 0 aliphatic carbocycles. The zero-order chi connectivity index (χ0) is 25.3. The number of aromatic nitrogens is 1. The van der Waals surface area contributed by atoms with E-state index < -0.39 is 29.0 Å². The zero-order valence-electron chi connectivity index (χ0n) is 19.4. The molecular formula is C25H24ClFN2O6. The summed E-state index contributed by atoms with van der Waals surface area (Å²) in [5, 5.41) is 9.82. The Morgan fingerprint density at radius 1 is 1.26 bits per heavy atom. The average molecular weight is 503 g/mol. The topological polar surface area (TPSA) is 90.2 Å². The number of hydrogen-bond acceptors (Lipinski definition) is 6. The Hall–Kier alpha value is -3.56. The van der Waals surface area contributed by atoms with E-state index in [1.54, 1.807) is 50.4 Å². The molecule has 0 spiro atoms. The van der Waals surface area contributed by atoms with Crippen LogP contribution in [0.2, 0.25) is 5.02 Å². The monoisotopic (exact) mass is 502 g/mol. The number of benzene rings is 2. The van der Waals surface area contributed by atoms with Crippen LogP contribution in [0.25, 0.3) is 11.3 Å². The summed E-state index contributed by atoms with van der Waals surface area (Å²) in [4.78, 5) is 26.0. The number of hydrogen-bond donors (Lipinski definition) is 1. The lowest BCUT2D eigenvalue weighted by atomic mass is 10.0. The van der Waals surface area contributed by atoms with E-state index in [-0.39, 0.29) is 10.6 Å². The van der Waals surface area contributed by atoms with Gasteiger partial charge in [-0.2, -0.15) is 0 Å². The van der Waals surface area contributed by atoms with E-state index in [1.807, 2.05) is 0 Å². The number of carboxylic acids is 1. The van der Waals surface area contributed by atoms with Gasteiger partial charge in [-0.25, -0.2) is 9.18 Å². The number of carboxylic acid groups (broad SMARTS) is 1. The molecule has 0 bridgehead atoms. The first-order valence-electron chi connectivity index (χ1n) is 10.8. The van der Waals surface area contributed by atoms with Crippen LogP contribution in [0.5, 0.6) is 11.5 Å². The third kappa shape index (κ3) is 4.69. The number of anilines is 1. The van der Waals surface area contributed by atoms with Crippen molar-refractivity contribution in [3.8, 4) is 22.8 Å². The lowest BCUT2D eigenvalue weighted by molar-refractivity contribution is 0.0693. The van der Waals surface area contributed by atoms with Crippen LogP contribution in [0.4, 0.5) is 10.1 Å². The van der Waals surface area contributed by atoms with E-state index in [4.69, 9.17) is 25.8 Å². The van der Waals surface area contributed by atoms with Gasteiger partial charge in [0.15, 0.2) is 5.43 Å². The van der Waals surface area contributed by atoms with Gasteiger partial charge >= 0.3 is 5.97 Å². The van der Waals surface area contributed by atoms with Crippen LogP contribution in [0.3, 0.4) is 0 Å². The van der Waals surface area contributed by atoms with E-state index in [0.717, 1.165) is 0 Å². The maximum absolute atomic E-state index is 15.2. The molecule has 35 heavy (non-hydrogen) atoms. The number of aromatic carboxylic acids is 1. The van der Waals surface area contributed by atoms with Crippen molar-refractivity contribution >= 4 is 23.3 Å². The van der Waals surface area contributed by atoms with Crippen LogP contribution >= 0.6 is 11.6 Å². The van der Waals surface area contributed by atoms with Gasteiger partial charge in [-0.3, -0.25) is 4.79 Å². The van der Waals surface area contributed by atoms with Crippen molar-refractivity contribution in [2.75, 3.05) is 39.3 Å². The minimum Gasteiger partial charge on any atom is -0.492 e. The molecule has 1 N–H and O–H groups in total. The van der Waals surface area contributed by atoms with Crippen molar-refractivity contribution < 1.29 is 28.5 Å². The zero-order valence-corrected chi connectivity index (χ0v) is 20.1. The summed E-state index contributed by atoms with van der Waals surface area (Å²) in [6, 6.07) is 8.97. The summed E-state index contributed by atoms with van der Waals surface area (Å²) in [5.41, 5.74) is 0.358. The number of methoxy groups -OCH3 is 1. The molecule has 1 unspecified atom stereocenters. The predicted molar refractivity (Wildman–Crippen MR) is 130 cm³/mol. The first-order chi connectivity index (χ1) is 16.7. The molecule has 184 valence electrons. The molecule has 0 amide bonds. The van der Waals surface area contributed by atoms with Crippen molar-refractivity contribution in [3.63, 3.8) is 0 Å². The van der Waals surface area contributed by atoms with Crippen LogP contribution in [0.1, 0.15) is 28.6 Å². The Balaban J connectivity index is 1.91. The Morgan fingerprint density at radius 3 is 2.71 bits per heavy atom. The minimum atomic E-state index is -1.39. The van der Waals surface area contributed by atoms with Crippen LogP contribution in [0, 0.1) is 5.82 Å². The Labute approximate surface area is 206 Å². The maximum Gasteiger partial charge on any atom is 0.341 e. The molecule has 1 aliphatic heterocycles. The number of carbonyl (C=O) groups is 1. The normalized spacial score (nSPS) is 14.0. The van der Waals surface area contributed by atoms with Gasteiger partial charge in [0.1, 0.15) is 22.9 Å². The third-order valence-electron chi connectivity index (χ3n) is 5.62. The van der Waals surface area contributed by atoms with E-state index in [2.05, 4.69) is 0 Å². The molecule has 0 saturated carbocycles.